The molecule has 1 saturated heterocycles. The minimum atomic E-state index is -0.119. The van der Waals surface area contributed by atoms with Gasteiger partial charge in [0.15, 0.2) is 0 Å². The molecule has 0 aromatic heterocycles. The molecule has 0 bridgehead atoms. The fourth-order valence-electron chi connectivity index (χ4n) is 3.71. The number of nitrogens with one attached hydrogen (secondary N) is 1. The number of hydrogen-bond donors (Lipinski definition) is 2. The predicted octanol–water partition coefficient (Wildman–Crippen LogP) is 2.36. The molecule has 7 heteroatoms. The fourth-order valence-corrected chi connectivity index (χ4v) is 3.71. The van der Waals surface area contributed by atoms with E-state index < -0.39 is 0 Å². The van der Waals surface area contributed by atoms with E-state index in [1.807, 2.05) is 29.2 Å². The summed E-state index contributed by atoms with van der Waals surface area (Å²) in [4.78, 5) is 26.7. The van der Waals surface area contributed by atoms with Gasteiger partial charge in [0.25, 0.3) is 0 Å². The Morgan fingerprint density at radius 1 is 1.26 bits per heavy atom. The summed E-state index contributed by atoms with van der Waals surface area (Å²) in [5, 5.41) is 2.95. The van der Waals surface area contributed by atoms with Gasteiger partial charge in [0, 0.05) is 37.7 Å². The first-order chi connectivity index (χ1) is 12.7. The van der Waals surface area contributed by atoms with Gasteiger partial charge in [-0.05, 0) is 50.3 Å². The molecule has 6 nitrogen and oxygen atoms in total. The summed E-state index contributed by atoms with van der Waals surface area (Å²) in [5.41, 5.74) is 7.53. The number of likely N-dealkylation sites (tertiary alicyclic amines) is 1. The molecule has 0 spiro atoms. The largest absolute Gasteiger partial charge is 0.378 e. The Kier molecular flexibility index (Phi) is 8.54. The summed E-state index contributed by atoms with van der Waals surface area (Å²) in [7, 11) is 0. The monoisotopic (exact) mass is 395 g/mol. The Balaban J connectivity index is 0.00000261. The van der Waals surface area contributed by atoms with E-state index in [1.165, 1.54) is 0 Å². The van der Waals surface area contributed by atoms with E-state index in [0.29, 0.717) is 32.4 Å². The minimum Gasteiger partial charge on any atom is -0.378 e. The number of carbonyl (C=O) groups is 2. The van der Waals surface area contributed by atoms with Crippen LogP contribution in [0.2, 0.25) is 0 Å². The average Bonchev–Trinajstić information content (AvgIpc) is 2.67. The molecule has 2 heterocycles. The lowest BCUT2D eigenvalue weighted by Gasteiger charge is -2.32. The summed E-state index contributed by atoms with van der Waals surface area (Å²) in [6.07, 6.45) is 4.63. The van der Waals surface area contributed by atoms with Crippen molar-refractivity contribution in [3.05, 3.63) is 29.8 Å². The van der Waals surface area contributed by atoms with Crippen molar-refractivity contribution < 1.29 is 14.3 Å². The third-order valence-corrected chi connectivity index (χ3v) is 5.32. The van der Waals surface area contributed by atoms with Crippen LogP contribution in [0.4, 0.5) is 5.69 Å². The normalized spacial score (nSPS) is 19.8. The van der Waals surface area contributed by atoms with Crippen LogP contribution < -0.4 is 11.1 Å². The number of ether oxygens (including phenoxy) is 1. The van der Waals surface area contributed by atoms with Gasteiger partial charge < -0.3 is 20.7 Å². The summed E-state index contributed by atoms with van der Waals surface area (Å²) < 4.78 is 5.78. The maximum atomic E-state index is 12.5. The predicted molar refractivity (Wildman–Crippen MR) is 108 cm³/mol. The summed E-state index contributed by atoms with van der Waals surface area (Å²) in [6.45, 7) is 2.83. The second kappa shape index (κ2) is 10.6. The van der Waals surface area contributed by atoms with Crippen LogP contribution in [0.5, 0.6) is 0 Å². The SMILES string of the molecule is Cl.NCCCOC1CCN(C(=O)CCC2Cc3ccccc3NC2=O)CC1. The number of hydrogen-bond acceptors (Lipinski definition) is 4. The number of fused-ring (bicyclic) bond motifs is 1. The van der Waals surface area contributed by atoms with E-state index in [-0.39, 0.29) is 36.2 Å². The highest BCUT2D eigenvalue weighted by Crippen LogP contribution is 2.28. The smallest absolute Gasteiger partial charge is 0.227 e. The van der Waals surface area contributed by atoms with Crippen LogP contribution in [0.25, 0.3) is 0 Å². The van der Waals surface area contributed by atoms with Crippen molar-refractivity contribution in [2.24, 2.45) is 11.7 Å². The Hall–Kier alpha value is -1.63. The summed E-state index contributed by atoms with van der Waals surface area (Å²) in [6, 6.07) is 7.87. The molecule has 1 fully saturated rings. The lowest BCUT2D eigenvalue weighted by molar-refractivity contribution is -0.134. The Bertz CT molecular complexity index is 633. The molecular formula is C20H30ClN3O3. The van der Waals surface area contributed by atoms with Gasteiger partial charge in [0.1, 0.15) is 0 Å². The Morgan fingerprint density at radius 2 is 2.00 bits per heavy atom. The molecule has 1 atom stereocenters. The Labute approximate surface area is 167 Å². The fraction of sp³-hybridized carbons (Fsp3) is 0.600. The number of nitrogens with two attached hydrogens (primary N) is 1. The zero-order chi connectivity index (χ0) is 18.4. The quantitative estimate of drug-likeness (QED) is 0.694. The number of anilines is 1. The highest BCUT2D eigenvalue weighted by molar-refractivity contribution is 5.96. The number of halogens is 1. The van der Waals surface area contributed by atoms with Gasteiger partial charge in [-0.3, -0.25) is 9.59 Å². The standard InChI is InChI=1S/C20H29N3O3.ClH/c21-10-3-13-26-17-8-11-23(12-9-17)19(24)7-6-16-14-15-4-1-2-5-18(15)22-20(16)25;/h1-2,4-5,16-17H,3,6-14,21H2,(H,22,25);1H. The molecule has 2 amide bonds. The molecule has 1 aromatic carbocycles. The van der Waals surface area contributed by atoms with Crippen LogP contribution in [-0.4, -0.2) is 49.1 Å². The first-order valence-corrected chi connectivity index (χ1v) is 9.65. The third-order valence-electron chi connectivity index (χ3n) is 5.32. The third kappa shape index (κ3) is 5.92. The molecule has 2 aliphatic rings. The summed E-state index contributed by atoms with van der Waals surface area (Å²) in [5.74, 6) is 0.0616. The van der Waals surface area contributed by atoms with Crippen LogP contribution >= 0.6 is 12.4 Å². The van der Waals surface area contributed by atoms with Crippen molar-refractivity contribution in [3.8, 4) is 0 Å². The van der Waals surface area contributed by atoms with Gasteiger partial charge >= 0.3 is 0 Å². The minimum absolute atomic E-state index is 0. The molecule has 2 aliphatic heterocycles. The molecule has 1 unspecified atom stereocenters. The van der Waals surface area contributed by atoms with Crippen LogP contribution in [0, 0.1) is 5.92 Å². The number of piperidine rings is 1. The van der Waals surface area contributed by atoms with Gasteiger partial charge in [-0.25, -0.2) is 0 Å². The topological polar surface area (TPSA) is 84.7 Å². The molecule has 3 rings (SSSR count). The molecule has 1 aromatic rings. The van der Waals surface area contributed by atoms with Crippen molar-refractivity contribution in [1.82, 2.24) is 4.90 Å². The summed E-state index contributed by atoms with van der Waals surface area (Å²) >= 11 is 0. The molecule has 27 heavy (non-hydrogen) atoms. The number of carbonyl (C=O) groups excluding carboxylic acids is 2. The first-order valence-electron chi connectivity index (χ1n) is 9.65. The van der Waals surface area contributed by atoms with Gasteiger partial charge in [0.2, 0.25) is 11.8 Å². The molecule has 0 aliphatic carbocycles. The van der Waals surface area contributed by atoms with E-state index in [9.17, 15) is 9.59 Å². The van der Waals surface area contributed by atoms with E-state index in [2.05, 4.69) is 5.32 Å². The maximum absolute atomic E-state index is 12.5. The van der Waals surface area contributed by atoms with Crippen molar-refractivity contribution >= 4 is 29.9 Å². The molecule has 150 valence electrons. The van der Waals surface area contributed by atoms with E-state index in [1.54, 1.807) is 0 Å². The van der Waals surface area contributed by atoms with E-state index >= 15 is 0 Å². The van der Waals surface area contributed by atoms with Crippen molar-refractivity contribution in [2.75, 3.05) is 31.6 Å². The van der Waals surface area contributed by atoms with Crippen LogP contribution in [0.1, 0.15) is 37.7 Å². The van der Waals surface area contributed by atoms with Gasteiger partial charge in [-0.2, -0.15) is 0 Å². The number of benzene rings is 1. The molecular weight excluding hydrogens is 366 g/mol. The van der Waals surface area contributed by atoms with Gasteiger partial charge in [-0.15, -0.1) is 12.4 Å². The highest BCUT2D eigenvalue weighted by atomic mass is 35.5. The van der Waals surface area contributed by atoms with Crippen LogP contribution in [0.3, 0.4) is 0 Å². The number of para-hydroxylation sites is 1. The van der Waals surface area contributed by atoms with E-state index in [0.717, 1.165) is 43.6 Å². The van der Waals surface area contributed by atoms with E-state index in [4.69, 9.17) is 10.5 Å². The molecule has 0 radical (unpaired) electrons. The van der Waals surface area contributed by atoms with Crippen LogP contribution in [-0.2, 0) is 20.7 Å². The first kappa shape index (κ1) is 21.7. The van der Waals surface area contributed by atoms with Gasteiger partial charge in [-0.1, -0.05) is 18.2 Å². The Morgan fingerprint density at radius 3 is 2.74 bits per heavy atom. The second-order valence-electron chi connectivity index (χ2n) is 7.18. The average molecular weight is 396 g/mol. The second-order valence-corrected chi connectivity index (χ2v) is 7.18. The number of amides is 2. The zero-order valence-corrected chi connectivity index (χ0v) is 16.5. The number of nitrogens with zero attached hydrogens (tertiary/aromatic N) is 1. The maximum Gasteiger partial charge on any atom is 0.227 e. The van der Waals surface area contributed by atoms with Gasteiger partial charge in [0.05, 0.1) is 6.10 Å². The lowest BCUT2D eigenvalue weighted by Crippen LogP contribution is -2.41. The lowest BCUT2D eigenvalue weighted by atomic mass is 9.89. The van der Waals surface area contributed by atoms with Crippen molar-refractivity contribution in [1.29, 1.82) is 0 Å². The van der Waals surface area contributed by atoms with Crippen molar-refractivity contribution in [3.63, 3.8) is 0 Å². The van der Waals surface area contributed by atoms with Crippen molar-refractivity contribution in [2.45, 2.75) is 44.6 Å². The zero-order valence-electron chi connectivity index (χ0n) is 15.7. The van der Waals surface area contributed by atoms with Crippen LogP contribution in [0.15, 0.2) is 24.3 Å². The molecule has 0 saturated carbocycles. The molecule has 3 N–H and O–H groups in total. The number of rotatable bonds is 7. The highest BCUT2D eigenvalue weighted by Gasteiger charge is 2.28.